The highest BCUT2D eigenvalue weighted by molar-refractivity contribution is 9.10. The molecule has 1 aromatic carbocycles. The highest BCUT2D eigenvalue weighted by atomic mass is 79.9. The molecule has 100 valence electrons. The highest BCUT2D eigenvalue weighted by Gasteiger charge is 2.15. The molecule has 0 spiro atoms. The second-order valence-electron chi connectivity index (χ2n) is 3.44. The Morgan fingerprint density at radius 3 is 2.72 bits per heavy atom. The molecule has 0 aliphatic heterocycles. The monoisotopic (exact) mass is 336 g/mol. The lowest BCUT2D eigenvalue weighted by Crippen LogP contribution is -2.27. The number of sulfonamides is 1. The lowest BCUT2D eigenvalue weighted by atomic mass is 10.2. The largest absolute Gasteiger partial charge is 0.383 e. The fraction of sp³-hybridized carbons (Fsp3) is 0.300. The van der Waals surface area contributed by atoms with Crippen LogP contribution in [0.5, 0.6) is 0 Å². The predicted molar refractivity (Wildman–Crippen MR) is 69.7 cm³/mol. The quantitative estimate of drug-likeness (QED) is 0.763. The lowest BCUT2D eigenvalue weighted by Gasteiger charge is -2.07. The SMILES string of the molecule is COCCNC(=O)c1ccc(Br)c(S(N)(=O)=O)c1. The number of rotatable bonds is 5. The van der Waals surface area contributed by atoms with Crippen LogP contribution in [0.4, 0.5) is 0 Å². The van der Waals surface area contributed by atoms with Crippen LogP contribution >= 0.6 is 15.9 Å². The van der Waals surface area contributed by atoms with Gasteiger partial charge in [-0.3, -0.25) is 4.79 Å². The third kappa shape index (κ3) is 4.05. The van der Waals surface area contributed by atoms with E-state index in [1.54, 1.807) is 0 Å². The van der Waals surface area contributed by atoms with E-state index >= 15 is 0 Å². The van der Waals surface area contributed by atoms with Crippen molar-refractivity contribution in [2.75, 3.05) is 20.3 Å². The van der Waals surface area contributed by atoms with Gasteiger partial charge in [0.25, 0.3) is 5.91 Å². The number of methoxy groups -OCH3 is 1. The zero-order chi connectivity index (χ0) is 13.8. The van der Waals surface area contributed by atoms with Gasteiger partial charge in [-0.25, -0.2) is 13.6 Å². The van der Waals surface area contributed by atoms with E-state index < -0.39 is 10.0 Å². The summed E-state index contributed by atoms with van der Waals surface area (Å²) in [6.07, 6.45) is 0. The van der Waals surface area contributed by atoms with Crippen molar-refractivity contribution in [2.24, 2.45) is 5.14 Å². The van der Waals surface area contributed by atoms with E-state index in [-0.39, 0.29) is 16.4 Å². The number of primary sulfonamides is 1. The van der Waals surface area contributed by atoms with Gasteiger partial charge < -0.3 is 10.1 Å². The first-order chi connectivity index (χ1) is 8.36. The highest BCUT2D eigenvalue weighted by Crippen LogP contribution is 2.21. The Labute approximate surface area is 114 Å². The molecule has 6 nitrogen and oxygen atoms in total. The van der Waals surface area contributed by atoms with Gasteiger partial charge in [0.2, 0.25) is 10.0 Å². The summed E-state index contributed by atoms with van der Waals surface area (Å²) in [4.78, 5) is 11.6. The van der Waals surface area contributed by atoms with Crippen molar-refractivity contribution >= 4 is 31.9 Å². The van der Waals surface area contributed by atoms with E-state index in [1.165, 1.54) is 25.3 Å². The number of hydrogen-bond acceptors (Lipinski definition) is 4. The first-order valence-corrected chi connectivity index (χ1v) is 7.29. The second-order valence-corrected chi connectivity index (χ2v) is 5.82. The van der Waals surface area contributed by atoms with E-state index in [2.05, 4.69) is 21.2 Å². The van der Waals surface area contributed by atoms with Crippen LogP contribution in [0.1, 0.15) is 10.4 Å². The fourth-order valence-electron chi connectivity index (χ4n) is 1.23. The molecule has 0 aromatic heterocycles. The first kappa shape index (κ1) is 15.1. The van der Waals surface area contributed by atoms with Gasteiger partial charge in [0, 0.05) is 23.7 Å². The molecule has 0 aliphatic carbocycles. The van der Waals surface area contributed by atoms with E-state index in [4.69, 9.17) is 9.88 Å². The molecule has 0 fully saturated rings. The summed E-state index contributed by atoms with van der Waals surface area (Å²) in [6, 6.07) is 4.19. The van der Waals surface area contributed by atoms with Crippen LogP contribution in [-0.2, 0) is 14.8 Å². The molecule has 0 aliphatic rings. The topological polar surface area (TPSA) is 98.5 Å². The third-order valence-corrected chi connectivity index (χ3v) is 4.00. The molecule has 18 heavy (non-hydrogen) atoms. The second kappa shape index (κ2) is 6.28. The minimum Gasteiger partial charge on any atom is -0.383 e. The van der Waals surface area contributed by atoms with Gasteiger partial charge in [-0.2, -0.15) is 0 Å². The number of benzene rings is 1. The number of nitrogens with two attached hydrogens (primary N) is 1. The van der Waals surface area contributed by atoms with E-state index in [0.29, 0.717) is 17.6 Å². The molecule has 1 amide bonds. The molecule has 0 atom stereocenters. The van der Waals surface area contributed by atoms with Crippen LogP contribution in [0.3, 0.4) is 0 Å². The van der Waals surface area contributed by atoms with E-state index in [1.807, 2.05) is 0 Å². The molecule has 0 heterocycles. The smallest absolute Gasteiger partial charge is 0.251 e. The molecule has 0 saturated carbocycles. The normalized spacial score (nSPS) is 11.3. The maximum Gasteiger partial charge on any atom is 0.251 e. The summed E-state index contributed by atoms with van der Waals surface area (Å²) in [5, 5.41) is 7.62. The lowest BCUT2D eigenvalue weighted by molar-refractivity contribution is 0.0937. The van der Waals surface area contributed by atoms with Gasteiger partial charge in [0.15, 0.2) is 0 Å². The number of amides is 1. The van der Waals surface area contributed by atoms with Gasteiger partial charge in [0.1, 0.15) is 0 Å². The summed E-state index contributed by atoms with van der Waals surface area (Å²) in [5.41, 5.74) is 0.221. The van der Waals surface area contributed by atoms with Crippen LogP contribution in [0.15, 0.2) is 27.6 Å². The first-order valence-electron chi connectivity index (χ1n) is 4.95. The minimum atomic E-state index is -3.87. The summed E-state index contributed by atoms with van der Waals surface area (Å²) >= 11 is 3.07. The maximum absolute atomic E-state index is 11.7. The molecule has 0 saturated heterocycles. The van der Waals surface area contributed by atoms with Crippen molar-refractivity contribution in [1.29, 1.82) is 0 Å². The third-order valence-electron chi connectivity index (χ3n) is 2.09. The fourth-order valence-corrected chi connectivity index (χ4v) is 2.79. The van der Waals surface area contributed by atoms with Gasteiger partial charge in [0.05, 0.1) is 11.5 Å². The van der Waals surface area contributed by atoms with Crippen LogP contribution in [0, 0.1) is 0 Å². The molecular formula is C10H13BrN2O4S. The Morgan fingerprint density at radius 1 is 1.50 bits per heavy atom. The Balaban J connectivity index is 2.95. The van der Waals surface area contributed by atoms with Crippen molar-refractivity contribution in [3.63, 3.8) is 0 Å². The zero-order valence-corrected chi connectivity index (χ0v) is 12.0. The number of nitrogens with one attached hydrogen (secondary N) is 1. The molecule has 1 rings (SSSR count). The number of halogens is 1. The number of carbonyl (C=O) groups excluding carboxylic acids is 1. The van der Waals surface area contributed by atoms with Crippen LogP contribution in [0.25, 0.3) is 0 Å². The molecule has 0 bridgehead atoms. The zero-order valence-electron chi connectivity index (χ0n) is 9.64. The number of carbonyl (C=O) groups is 1. The summed E-state index contributed by atoms with van der Waals surface area (Å²) < 4.78 is 27.7. The Hall–Kier alpha value is -0.960. The predicted octanol–water partition coefficient (Wildman–Crippen LogP) is 0.473. The average molecular weight is 337 g/mol. The molecule has 0 unspecified atom stereocenters. The standard InChI is InChI=1S/C10H13BrN2O4S/c1-17-5-4-13-10(14)7-2-3-8(11)9(6-7)18(12,15)16/h2-3,6H,4-5H2,1H3,(H,13,14)(H2,12,15,16). The van der Waals surface area contributed by atoms with Crippen molar-refractivity contribution < 1.29 is 17.9 Å². The molecule has 8 heteroatoms. The minimum absolute atomic E-state index is 0.123. The number of ether oxygens (including phenoxy) is 1. The Morgan fingerprint density at radius 2 is 2.17 bits per heavy atom. The molecule has 3 N–H and O–H groups in total. The summed E-state index contributed by atoms with van der Waals surface area (Å²) in [5.74, 6) is -0.385. The van der Waals surface area contributed by atoms with Crippen molar-refractivity contribution in [3.8, 4) is 0 Å². The van der Waals surface area contributed by atoms with Crippen LogP contribution < -0.4 is 10.5 Å². The van der Waals surface area contributed by atoms with Crippen LogP contribution in [0.2, 0.25) is 0 Å². The van der Waals surface area contributed by atoms with Crippen LogP contribution in [-0.4, -0.2) is 34.6 Å². The Bertz CT molecular complexity index is 545. The summed E-state index contributed by atoms with van der Waals surface area (Å²) in [6.45, 7) is 0.723. The van der Waals surface area contributed by atoms with Crippen molar-refractivity contribution in [2.45, 2.75) is 4.90 Å². The molecule has 0 radical (unpaired) electrons. The van der Waals surface area contributed by atoms with Gasteiger partial charge >= 0.3 is 0 Å². The van der Waals surface area contributed by atoms with Gasteiger partial charge in [-0.15, -0.1) is 0 Å². The summed E-state index contributed by atoms with van der Waals surface area (Å²) in [7, 11) is -2.35. The Kier molecular flexibility index (Phi) is 5.27. The molecule has 1 aromatic rings. The van der Waals surface area contributed by atoms with Gasteiger partial charge in [-0.1, -0.05) is 0 Å². The van der Waals surface area contributed by atoms with Crippen molar-refractivity contribution in [1.82, 2.24) is 5.32 Å². The van der Waals surface area contributed by atoms with E-state index in [0.717, 1.165) is 0 Å². The van der Waals surface area contributed by atoms with Crippen molar-refractivity contribution in [3.05, 3.63) is 28.2 Å². The average Bonchev–Trinajstić information content (AvgIpc) is 2.28. The maximum atomic E-state index is 11.7. The molecular weight excluding hydrogens is 324 g/mol. The number of hydrogen-bond donors (Lipinski definition) is 2. The van der Waals surface area contributed by atoms with Gasteiger partial charge in [-0.05, 0) is 34.1 Å². The van der Waals surface area contributed by atoms with E-state index in [9.17, 15) is 13.2 Å².